The Morgan fingerprint density at radius 1 is 1.36 bits per heavy atom. The van der Waals surface area contributed by atoms with Crippen LogP contribution in [0.5, 0.6) is 0 Å². The van der Waals surface area contributed by atoms with E-state index >= 15 is 0 Å². The normalized spacial score (nSPS) is 18.6. The summed E-state index contributed by atoms with van der Waals surface area (Å²) >= 11 is 1.34. The minimum Gasteiger partial charge on any atom is -0.381 e. The lowest BCUT2D eigenvalue weighted by Gasteiger charge is -2.18. The highest BCUT2D eigenvalue weighted by Gasteiger charge is 2.29. The van der Waals surface area contributed by atoms with Crippen LogP contribution in [-0.2, 0) is 16.0 Å². The first-order valence-electron chi connectivity index (χ1n) is 9.10. The molecule has 0 radical (unpaired) electrons. The maximum atomic E-state index is 13.5. The molecule has 6 nitrogen and oxygen atoms in total. The predicted octanol–water partition coefficient (Wildman–Crippen LogP) is 3.54. The summed E-state index contributed by atoms with van der Waals surface area (Å²) in [6.45, 7) is 5.71. The molecule has 8 heteroatoms. The molecule has 3 aromatic rings. The van der Waals surface area contributed by atoms with Crippen LogP contribution in [0.15, 0.2) is 31.1 Å². The smallest absolute Gasteiger partial charge is 0.170 e. The van der Waals surface area contributed by atoms with Crippen LogP contribution < -0.4 is 4.90 Å². The first-order chi connectivity index (χ1) is 13.6. The van der Waals surface area contributed by atoms with E-state index in [0.29, 0.717) is 46.5 Å². The van der Waals surface area contributed by atoms with E-state index in [9.17, 15) is 9.18 Å². The van der Waals surface area contributed by atoms with Crippen molar-refractivity contribution in [2.45, 2.75) is 12.8 Å². The van der Waals surface area contributed by atoms with E-state index in [1.165, 1.54) is 23.7 Å². The molecule has 0 saturated carbocycles. The lowest BCUT2D eigenvalue weighted by molar-refractivity contribution is -0.117. The summed E-state index contributed by atoms with van der Waals surface area (Å²) in [5, 5.41) is 0.562. The Morgan fingerprint density at radius 3 is 3.07 bits per heavy atom. The standard InChI is InChI=1S/C20H17FN4O2S/c1-11(17(26)13-5-7-27-9-13)19-24-16-18(22-10-23-20(16)28-19)25-6-4-12-8-14(21)2-3-15(12)25/h2-3,8,10,13H,1,4-7,9H2. The Hall–Kier alpha value is -2.71. The summed E-state index contributed by atoms with van der Waals surface area (Å²) in [6, 6.07) is 4.78. The monoisotopic (exact) mass is 396 g/mol. The number of nitrogens with zero attached hydrogens (tertiary/aromatic N) is 4. The van der Waals surface area contributed by atoms with Crippen LogP contribution in [0.3, 0.4) is 0 Å². The molecule has 1 atom stereocenters. The van der Waals surface area contributed by atoms with Gasteiger partial charge in [0.1, 0.15) is 27.5 Å². The number of hydrogen-bond donors (Lipinski definition) is 0. The van der Waals surface area contributed by atoms with E-state index in [1.807, 2.05) is 4.90 Å². The number of carbonyl (C=O) groups excluding carboxylic acids is 1. The maximum absolute atomic E-state index is 13.5. The zero-order chi connectivity index (χ0) is 19.3. The number of aromatic nitrogens is 3. The number of thiazole rings is 1. The number of allylic oxidation sites excluding steroid dienone is 1. The molecule has 0 aliphatic carbocycles. The third-order valence-electron chi connectivity index (χ3n) is 5.22. The number of carbonyl (C=O) groups is 1. The summed E-state index contributed by atoms with van der Waals surface area (Å²) in [5.41, 5.74) is 2.90. The lowest BCUT2D eigenvalue weighted by Crippen LogP contribution is -2.16. The largest absolute Gasteiger partial charge is 0.381 e. The average molecular weight is 396 g/mol. The van der Waals surface area contributed by atoms with Gasteiger partial charge in [-0.2, -0.15) is 0 Å². The molecule has 5 rings (SSSR count). The Bertz CT molecular complexity index is 1110. The number of fused-ring (bicyclic) bond motifs is 2. The predicted molar refractivity (Wildman–Crippen MR) is 105 cm³/mol. The third-order valence-corrected chi connectivity index (χ3v) is 6.25. The molecule has 2 aliphatic rings. The van der Waals surface area contributed by atoms with Crippen molar-refractivity contribution < 1.29 is 13.9 Å². The number of Topliss-reactive ketones (excluding diaryl/α,β-unsaturated/α-hetero) is 1. The minimum atomic E-state index is -0.241. The number of ketones is 1. The molecule has 0 N–H and O–H groups in total. The van der Waals surface area contributed by atoms with Crippen molar-refractivity contribution in [2.75, 3.05) is 24.7 Å². The van der Waals surface area contributed by atoms with Crippen molar-refractivity contribution in [3.05, 3.63) is 47.5 Å². The van der Waals surface area contributed by atoms with Gasteiger partial charge in [0, 0.05) is 30.3 Å². The van der Waals surface area contributed by atoms with Gasteiger partial charge in [-0.1, -0.05) is 17.9 Å². The second-order valence-corrected chi connectivity index (χ2v) is 7.93. The fourth-order valence-corrected chi connectivity index (χ4v) is 4.63. The summed E-state index contributed by atoms with van der Waals surface area (Å²) in [7, 11) is 0. The van der Waals surface area contributed by atoms with Crippen molar-refractivity contribution in [1.29, 1.82) is 0 Å². The van der Waals surface area contributed by atoms with Crippen molar-refractivity contribution >= 4 is 44.5 Å². The van der Waals surface area contributed by atoms with E-state index in [1.54, 1.807) is 12.1 Å². The van der Waals surface area contributed by atoms with Crippen LogP contribution in [-0.4, -0.2) is 40.5 Å². The summed E-state index contributed by atoms with van der Waals surface area (Å²) in [5.74, 6) is 0.260. The van der Waals surface area contributed by atoms with E-state index in [4.69, 9.17) is 4.74 Å². The van der Waals surface area contributed by atoms with Crippen LogP contribution in [0.2, 0.25) is 0 Å². The number of benzene rings is 1. The molecule has 0 amide bonds. The lowest BCUT2D eigenvalue weighted by atomic mass is 9.98. The molecular weight excluding hydrogens is 379 g/mol. The van der Waals surface area contributed by atoms with Crippen molar-refractivity contribution in [1.82, 2.24) is 15.0 Å². The van der Waals surface area contributed by atoms with Crippen molar-refractivity contribution in [2.24, 2.45) is 5.92 Å². The van der Waals surface area contributed by atoms with Gasteiger partial charge in [-0.25, -0.2) is 19.3 Å². The first kappa shape index (κ1) is 17.4. The average Bonchev–Trinajstić information content (AvgIpc) is 3.44. The summed E-state index contributed by atoms with van der Waals surface area (Å²) < 4.78 is 18.9. The Morgan fingerprint density at radius 2 is 2.25 bits per heavy atom. The van der Waals surface area contributed by atoms with E-state index in [0.717, 1.165) is 24.1 Å². The molecular formula is C20H17FN4O2S. The number of anilines is 2. The molecule has 4 heterocycles. The van der Waals surface area contributed by atoms with Crippen LogP contribution in [0.4, 0.5) is 15.9 Å². The maximum Gasteiger partial charge on any atom is 0.170 e. The summed E-state index contributed by atoms with van der Waals surface area (Å²) in [6.07, 6.45) is 2.95. The molecule has 1 fully saturated rings. The van der Waals surface area contributed by atoms with Gasteiger partial charge in [0.25, 0.3) is 0 Å². The highest BCUT2D eigenvalue weighted by atomic mass is 32.1. The SMILES string of the molecule is C=C(C(=O)C1CCOC1)c1nc2c(N3CCc4cc(F)ccc43)ncnc2s1. The molecule has 0 spiro atoms. The molecule has 142 valence electrons. The topological polar surface area (TPSA) is 68.2 Å². The fourth-order valence-electron chi connectivity index (χ4n) is 3.75. The van der Waals surface area contributed by atoms with Gasteiger partial charge in [-0.15, -0.1) is 0 Å². The molecule has 2 aromatic heterocycles. The fraction of sp³-hybridized carbons (Fsp3) is 0.300. The molecule has 2 aliphatic heterocycles. The number of ether oxygens (including phenoxy) is 1. The Kier molecular flexibility index (Phi) is 4.17. The first-order valence-corrected chi connectivity index (χ1v) is 9.92. The van der Waals surface area contributed by atoms with Crippen LogP contribution >= 0.6 is 11.3 Å². The Labute approximate surface area is 164 Å². The van der Waals surface area contributed by atoms with Gasteiger partial charge in [0.2, 0.25) is 0 Å². The van der Waals surface area contributed by atoms with Crippen molar-refractivity contribution in [3.63, 3.8) is 0 Å². The number of halogens is 1. The van der Waals surface area contributed by atoms with Crippen molar-refractivity contribution in [3.8, 4) is 0 Å². The zero-order valence-corrected chi connectivity index (χ0v) is 15.8. The highest BCUT2D eigenvalue weighted by molar-refractivity contribution is 7.19. The summed E-state index contributed by atoms with van der Waals surface area (Å²) in [4.78, 5) is 28.8. The van der Waals surface area contributed by atoms with Gasteiger partial charge in [0.15, 0.2) is 11.6 Å². The molecule has 0 bridgehead atoms. The molecule has 28 heavy (non-hydrogen) atoms. The van der Waals surface area contributed by atoms with E-state index in [2.05, 4.69) is 21.5 Å². The number of hydrogen-bond acceptors (Lipinski definition) is 7. The minimum absolute atomic E-state index is 0.0203. The second-order valence-electron chi connectivity index (χ2n) is 6.95. The molecule has 1 saturated heterocycles. The zero-order valence-electron chi connectivity index (χ0n) is 15.0. The van der Waals surface area contributed by atoms with Crippen LogP contribution in [0.1, 0.15) is 17.0 Å². The molecule has 1 aromatic carbocycles. The van der Waals surface area contributed by atoms with Crippen LogP contribution in [0.25, 0.3) is 15.9 Å². The van der Waals surface area contributed by atoms with Gasteiger partial charge < -0.3 is 9.64 Å². The van der Waals surface area contributed by atoms with Gasteiger partial charge in [-0.05, 0) is 36.6 Å². The van der Waals surface area contributed by atoms with Crippen LogP contribution in [0, 0.1) is 11.7 Å². The molecule has 1 unspecified atom stereocenters. The second kappa shape index (κ2) is 6.72. The highest BCUT2D eigenvalue weighted by Crippen LogP contribution is 2.38. The number of rotatable bonds is 4. The van der Waals surface area contributed by atoms with Gasteiger partial charge >= 0.3 is 0 Å². The van der Waals surface area contributed by atoms with E-state index < -0.39 is 0 Å². The quantitative estimate of drug-likeness (QED) is 0.629. The third kappa shape index (κ3) is 2.80. The van der Waals surface area contributed by atoms with Gasteiger partial charge in [0.05, 0.1) is 6.61 Å². The Balaban J connectivity index is 1.52. The van der Waals surface area contributed by atoms with Gasteiger partial charge in [-0.3, -0.25) is 4.79 Å². The van der Waals surface area contributed by atoms with E-state index in [-0.39, 0.29) is 17.5 Å².